The predicted molar refractivity (Wildman–Crippen MR) is 81.6 cm³/mol. The molecule has 5 nitrogen and oxygen atoms in total. The lowest BCUT2D eigenvalue weighted by Crippen LogP contribution is -2.32. The molecule has 0 amide bonds. The zero-order valence-corrected chi connectivity index (χ0v) is 12.2. The van der Waals surface area contributed by atoms with E-state index in [1.807, 2.05) is 44.2 Å². The molecule has 0 aliphatic carbocycles. The molecule has 0 spiro atoms. The highest BCUT2D eigenvalue weighted by Gasteiger charge is 2.16. The van der Waals surface area contributed by atoms with Gasteiger partial charge in [0.1, 0.15) is 5.69 Å². The van der Waals surface area contributed by atoms with Gasteiger partial charge in [0.05, 0.1) is 0 Å². The maximum Gasteiger partial charge on any atom is 0.227 e. The fourth-order valence-corrected chi connectivity index (χ4v) is 2.18. The van der Waals surface area contributed by atoms with Gasteiger partial charge in [-0.1, -0.05) is 29.4 Å². The van der Waals surface area contributed by atoms with Crippen LogP contribution in [0.1, 0.15) is 26.2 Å². The molecule has 0 fully saturated rings. The second-order valence-corrected chi connectivity index (χ2v) is 5.88. The summed E-state index contributed by atoms with van der Waals surface area (Å²) < 4.78 is 5.31. The molecule has 0 aliphatic rings. The van der Waals surface area contributed by atoms with Crippen LogP contribution in [-0.4, -0.2) is 20.7 Å². The van der Waals surface area contributed by atoms with E-state index in [1.54, 1.807) is 6.20 Å². The Hall–Kier alpha value is -2.27. The van der Waals surface area contributed by atoms with Crippen LogP contribution in [0.4, 0.5) is 0 Å². The fraction of sp³-hybridized carbons (Fsp3) is 0.312. The molecule has 0 saturated carbocycles. The quantitative estimate of drug-likeness (QED) is 0.796. The third-order valence-corrected chi connectivity index (χ3v) is 3.34. The van der Waals surface area contributed by atoms with Gasteiger partial charge in [-0.25, -0.2) is 0 Å². The Kier molecular flexibility index (Phi) is 3.43. The van der Waals surface area contributed by atoms with Crippen molar-refractivity contribution in [2.45, 2.75) is 32.2 Å². The number of benzene rings is 1. The van der Waals surface area contributed by atoms with Gasteiger partial charge in [0.2, 0.25) is 11.7 Å². The van der Waals surface area contributed by atoms with Crippen LogP contribution >= 0.6 is 0 Å². The Morgan fingerprint density at radius 1 is 1.19 bits per heavy atom. The molecule has 0 radical (unpaired) electrons. The zero-order chi connectivity index (χ0) is 14.9. The summed E-state index contributed by atoms with van der Waals surface area (Å²) in [6.07, 6.45) is 3.22. The van der Waals surface area contributed by atoms with Crippen LogP contribution in [0.15, 0.2) is 41.1 Å². The predicted octanol–water partition coefficient (Wildman–Crippen LogP) is 2.95. The van der Waals surface area contributed by atoms with Crippen LogP contribution in [-0.2, 0) is 6.42 Å². The molecule has 3 aromatic rings. The molecule has 0 aliphatic heterocycles. The molecular weight excluding hydrogens is 264 g/mol. The smallest absolute Gasteiger partial charge is 0.227 e. The SMILES string of the molecule is CC(C)(N)CCc1nc(-c2nccc3ccccc23)no1. The van der Waals surface area contributed by atoms with Gasteiger partial charge in [0.15, 0.2) is 0 Å². The Morgan fingerprint density at radius 2 is 2.00 bits per heavy atom. The first kappa shape index (κ1) is 13.7. The highest BCUT2D eigenvalue weighted by atomic mass is 16.5. The third kappa shape index (κ3) is 3.08. The van der Waals surface area contributed by atoms with Gasteiger partial charge in [-0.15, -0.1) is 0 Å². The summed E-state index contributed by atoms with van der Waals surface area (Å²) in [6, 6.07) is 9.99. The molecule has 0 bridgehead atoms. The zero-order valence-electron chi connectivity index (χ0n) is 12.2. The van der Waals surface area contributed by atoms with Crippen molar-refractivity contribution in [2.24, 2.45) is 5.73 Å². The van der Waals surface area contributed by atoms with Crippen molar-refractivity contribution < 1.29 is 4.52 Å². The summed E-state index contributed by atoms with van der Waals surface area (Å²) in [4.78, 5) is 8.83. The minimum absolute atomic E-state index is 0.244. The maximum atomic E-state index is 5.97. The summed E-state index contributed by atoms with van der Waals surface area (Å²) >= 11 is 0. The number of aromatic nitrogens is 3. The number of pyridine rings is 1. The summed E-state index contributed by atoms with van der Waals surface area (Å²) in [5, 5.41) is 6.18. The number of nitrogens with zero attached hydrogens (tertiary/aromatic N) is 3. The van der Waals surface area contributed by atoms with Crippen molar-refractivity contribution in [3.63, 3.8) is 0 Å². The first-order valence-corrected chi connectivity index (χ1v) is 6.98. The standard InChI is InChI=1S/C16H18N4O/c1-16(2,17)9-7-13-19-15(20-21-13)14-12-6-4-3-5-11(12)8-10-18-14/h3-6,8,10H,7,9,17H2,1-2H3. The van der Waals surface area contributed by atoms with E-state index in [1.165, 1.54) is 0 Å². The topological polar surface area (TPSA) is 77.8 Å². The molecule has 21 heavy (non-hydrogen) atoms. The van der Waals surface area contributed by atoms with E-state index < -0.39 is 0 Å². The highest BCUT2D eigenvalue weighted by Crippen LogP contribution is 2.24. The lowest BCUT2D eigenvalue weighted by atomic mass is 10.0. The van der Waals surface area contributed by atoms with Gasteiger partial charge in [0, 0.05) is 23.5 Å². The summed E-state index contributed by atoms with van der Waals surface area (Å²) in [5.41, 5.74) is 6.48. The lowest BCUT2D eigenvalue weighted by Gasteiger charge is -2.16. The van der Waals surface area contributed by atoms with Crippen molar-refractivity contribution in [1.29, 1.82) is 0 Å². The van der Waals surface area contributed by atoms with Gasteiger partial charge in [-0.3, -0.25) is 4.98 Å². The van der Waals surface area contributed by atoms with Crippen molar-refractivity contribution in [2.75, 3.05) is 0 Å². The largest absolute Gasteiger partial charge is 0.339 e. The molecular formula is C16H18N4O. The van der Waals surface area contributed by atoms with Gasteiger partial charge in [-0.2, -0.15) is 4.98 Å². The third-order valence-electron chi connectivity index (χ3n) is 3.34. The number of nitrogens with two attached hydrogens (primary N) is 1. The molecule has 0 saturated heterocycles. The van der Waals surface area contributed by atoms with Crippen LogP contribution in [0, 0.1) is 0 Å². The molecule has 2 N–H and O–H groups in total. The van der Waals surface area contributed by atoms with Crippen molar-refractivity contribution in [1.82, 2.24) is 15.1 Å². The average molecular weight is 282 g/mol. The monoisotopic (exact) mass is 282 g/mol. The molecule has 1 aromatic carbocycles. The van der Waals surface area contributed by atoms with Gasteiger partial charge < -0.3 is 10.3 Å². The Bertz CT molecular complexity index is 753. The summed E-state index contributed by atoms with van der Waals surface area (Å²) in [7, 11) is 0. The average Bonchev–Trinajstić information content (AvgIpc) is 2.92. The van der Waals surface area contributed by atoms with E-state index in [0.717, 1.165) is 22.9 Å². The fourth-order valence-electron chi connectivity index (χ4n) is 2.18. The minimum Gasteiger partial charge on any atom is -0.339 e. The van der Waals surface area contributed by atoms with Crippen LogP contribution in [0.3, 0.4) is 0 Å². The second kappa shape index (κ2) is 5.26. The van der Waals surface area contributed by atoms with Gasteiger partial charge in [-0.05, 0) is 31.7 Å². The molecule has 5 heteroatoms. The number of hydrogen-bond donors (Lipinski definition) is 1. The molecule has 0 atom stereocenters. The molecule has 0 unspecified atom stereocenters. The molecule has 3 rings (SSSR count). The number of aryl methyl sites for hydroxylation is 1. The van der Waals surface area contributed by atoms with Crippen molar-refractivity contribution >= 4 is 10.8 Å². The van der Waals surface area contributed by atoms with E-state index >= 15 is 0 Å². The van der Waals surface area contributed by atoms with Crippen molar-refractivity contribution in [3.05, 3.63) is 42.4 Å². The Balaban J connectivity index is 1.92. The Labute approximate surface area is 123 Å². The second-order valence-electron chi connectivity index (χ2n) is 5.88. The number of hydrogen-bond acceptors (Lipinski definition) is 5. The summed E-state index contributed by atoms with van der Waals surface area (Å²) in [6.45, 7) is 3.97. The molecule has 108 valence electrons. The van der Waals surface area contributed by atoms with Gasteiger partial charge >= 0.3 is 0 Å². The minimum atomic E-state index is -0.244. The maximum absolute atomic E-state index is 5.97. The van der Waals surface area contributed by atoms with E-state index in [0.29, 0.717) is 18.1 Å². The molecule has 2 aromatic heterocycles. The van der Waals surface area contributed by atoms with Crippen LogP contribution in [0.2, 0.25) is 0 Å². The lowest BCUT2D eigenvalue weighted by molar-refractivity contribution is 0.358. The van der Waals surface area contributed by atoms with Crippen molar-refractivity contribution in [3.8, 4) is 11.5 Å². The highest BCUT2D eigenvalue weighted by molar-refractivity contribution is 5.92. The Morgan fingerprint density at radius 3 is 2.81 bits per heavy atom. The van der Waals surface area contributed by atoms with Gasteiger partial charge in [0.25, 0.3) is 0 Å². The van der Waals surface area contributed by atoms with Crippen LogP contribution in [0.5, 0.6) is 0 Å². The first-order chi connectivity index (χ1) is 10.0. The number of rotatable bonds is 4. The van der Waals surface area contributed by atoms with E-state index in [9.17, 15) is 0 Å². The van der Waals surface area contributed by atoms with E-state index in [4.69, 9.17) is 10.3 Å². The van der Waals surface area contributed by atoms with Crippen LogP contribution in [0.25, 0.3) is 22.3 Å². The normalized spacial score (nSPS) is 12.0. The van der Waals surface area contributed by atoms with Crippen LogP contribution < -0.4 is 5.73 Å². The van der Waals surface area contributed by atoms with E-state index in [-0.39, 0.29) is 5.54 Å². The first-order valence-electron chi connectivity index (χ1n) is 6.98. The summed E-state index contributed by atoms with van der Waals surface area (Å²) in [5.74, 6) is 1.12. The number of fused-ring (bicyclic) bond motifs is 1. The van der Waals surface area contributed by atoms with E-state index in [2.05, 4.69) is 15.1 Å². The molecule has 2 heterocycles.